The van der Waals surface area contributed by atoms with Crippen LogP contribution >= 0.6 is 0 Å². The highest BCUT2D eigenvalue weighted by molar-refractivity contribution is 7.90. The van der Waals surface area contributed by atoms with E-state index in [9.17, 15) is 22.4 Å². The van der Waals surface area contributed by atoms with Gasteiger partial charge in [-0.1, -0.05) is 12.1 Å². The molecule has 2 aromatic carbocycles. The third-order valence-electron chi connectivity index (χ3n) is 4.79. The van der Waals surface area contributed by atoms with Crippen LogP contribution in [0.15, 0.2) is 59.6 Å². The molecule has 0 unspecified atom stereocenters. The molecule has 0 aliphatic carbocycles. The van der Waals surface area contributed by atoms with Crippen LogP contribution in [0.2, 0.25) is 0 Å². The molecule has 0 radical (unpaired) electrons. The van der Waals surface area contributed by atoms with E-state index in [1.807, 2.05) is 0 Å². The van der Waals surface area contributed by atoms with Crippen molar-refractivity contribution in [3.05, 3.63) is 82.9 Å². The number of amides is 2. The number of aryl methyl sites for hydroxylation is 1. The summed E-state index contributed by atoms with van der Waals surface area (Å²) in [5, 5.41) is 5.31. The molecule has 1 aromatic heterocycles. The van der Waals surface area contributed by atoms with Gasteiger partial charge in [0.1, 0.15) is 16.4 Å². The summed E-state index contributed by atoms with van der Waals surface area (Å²) in [5.74, 6) is -1.31. The van der Waals surface area contributed by atoms with Crippen molar-refractivity contribution >= 4 is 27.5 Å². The lowest BCUT2D eigenvalue weighted by atomic mass is 10.1. The number of nitrogens with zero attached hydrogens (tertiary/aromatic N) is 1. The molecule has 0 atom stereocenters. The Hall–Kier alpha value is -3.46. The summed E-state index contributed by atoms with van der Waals surface area (Å²) in [6, 6.07) is 11.5. The first-order valence-corrected chi connectivity index (χ1v) is 10.6. The molecule has 3 aromatic rings. The van der Waals surface area contributed by atoms with Crippen LogP contribution in [0, 0.1) is 12.7 Å². The van der Waals surface area contributed by atoms with Gasteiger partial charge in [0.15, 0.2) is 0 Å². The molecule has 154 valence electrons. The molecule has 1 aliphatic heterocycles. The van der Waals surface area contributed by atoms with E-state index in [1.54, 1.807) is 19.1 Å². The predicted molar refractivity (Wildman–Crippen MR) is 109 cm³/mol. The van der Waals surface area contributed by atoms with E-state index in [0.29, 0.717) is 18.5 Å². The Morgan fingerprint density at radius 2 is 1.87 bits per heavy atom. The van der Waals surface area contributed by atoms with E-state index < -0.39 is 21.8 Å². The Morgan fingerprint density at radius 3 is 2.60 bits per heavy atom. The van der Waals surface area contributed by atoms with Crippen molar-refractivity contribution in [2.24, 2.45) is 0 Å². The van der Waals surface area contributed by atoms with Crippen molar-refractivity contribution in [2.75, 3.05) is 11.9 Å². The standard InChI is InChI=1S/C21H18FN3O4S/c1-13-10-18-21(27)24-17-11-15(4-7-19(17)30(28,29)25(18)12-13)20(26)23-9-8-14-2-5-16(22)6-3-14/h2-7,10-12H,8-9H2,1H3,(H,23,26)(H,24,27). The van der Waals surface area contributed by atoms with Gasteiger partial charge in [-0.25, -0.2) is 16.8 Å². The lowest BCUT2D eigenvalue weighted by Crippen LogP contribution is -2.26. The summed E-state index contributed by atoms with van der Waals surface area (Å²) in [4.78, 5) is 24.9. The van der Waals surface area contributed by atoms with Crippen LogP contribution < -0.4 is 10.6 Å². The molecule has 1 aliphatic rings. The predicted octanol–water partition coefficient (Wildman–Crippen LogP) is 2.71. The van der Waals surface area contributed by atoms with E-state index in [0.717, 1.165) is 9.54 Å². The number of aromatic nitrogens is 1. The van der Waals surface area contributed by atoms with Crippen LogP contribution in [0.1, 0.15) is 32.0 Å². The smallest absolute Gasteiger partial charge is 0.273 e. The minimum Gasteiger partial charge on any atom is -0.352 e. The number of carbonyl (C=O) groups excluding carboxylic acids is 2. The summed E-state index contributed by atoms with van der Waals surface area (Å²) >= 11 is 0. The molecule has 2 amide bonds. The first-order valence-electron chi connectivity index (χ1n) is 9.18. The number of carbonyl (C=O) groups is 2. The molecule has 9 heteroatoms. The molecule has 2 heterocycles. The summed E-state index contributed by atoms with van der Waals surface area (Å²) < 4.78 is 39.8. The molecule has 2 N–H and O–H groups in total. The molecule has 4 rings (SSSR count). The molecule has 30 heavy (non-hydrogen) atoms. The Morgan fingerprint density at radius 1 is 1.13 bits per heavy atom. The van der Waals surface area contributed by atoms with Crippen molar-refractivity contribution in [3.63, 3.8) is 0 Å². The number of rotatable bonds is 4. The zero-order valence-corrected chi connectivity index (χ0v) is 16.8. The zero-order chi connectivity index (χ0) is 21.5. The Bertz CT molecular complexity index is 1260. The van der Waals surface area contributed by atoms with Gasteiger partial charge < -0.3 is 10.6 Å². The highest BCUT2D eigenvalue weighted by Crippen LogP contribution is 2.30. The number of benzene rings is 2. The van der Waals surface area contributed by atoms with Crippen LogP contribution in [0.3, 0.4) is 0 Å². The Balaban J connectivity index is 1.55. The second-order valence-corrected chi connectivity index (χ2v) is 8.78. The minimum atomic E-state index is -3.98. The second kappa shape index (κ2) is 7.42. The van der Waals surface area contributed by atoms with Gasteiger partial charge in [0, 0.05) is 18.3 Å². The van der Waals surface area contributed by atoms with Crippen LogP contribution in [0.5, 0.6) is 0 Å². The first-order chi connectivity index (χ1) is 14.3. The molecule has 7 nitrogen and oxygen atoms in total. The quantitative estimate of drug-likeness (QED) is 0.669. The Kier molecular flexibility index (Phi) is 4.90. The highest BCUT2D eigenvalue weighted by Gasteiger charge is 2.31. The molecular weight excluding hydrogens is 409 g/mol. The largest absolute Gasteiger partial charge is 0.352 e. The monoisotopic (exact) mass is 427 g/mol. The van der Waals surface area contributed by atoms with E-state index in [4.69, 9.17) is 0 Å². The fourth-order valence-corrected chi connectivity index (χ4v) is 4.83. The lowest BCUT2D eigenvalue weighted by Gasteiger charge is -2.10. The molecule has 0 bridgehead atoms. The normalized spacial score (nSPS) is 14.3. The number of nitrogens with one attached hydrogen (secondary N) is 2. The fourth-order valence-electron chi connectivity index (χ4n) is 3.30. The topological polar surface area (TPSA) is 97.3 Å². The van der Waals surface area contributed by atoms with E-state index in [2.05, 4.69) is 10.6 Å². The molecular formula is C21H18FN3O4S. The van der Waals surface area contributed by atoms with Gasteiger partial charge in [-0.2, -0.15) is 0 Å². The number of hydrogen-bond acceptors (Lipinski definition) is 4. The maximum atomic E-state index is 13.0. The third kappa shape index (κ3) is 3.59. The van der Waals surface area contributed by atoms with Crippen molar-refractivity contribution in [3.8, 4) is 0 Å². The first kappa shape index (κ1) is 19.8. The van der Waals surface area contributed by atoms with Crippen LogP contribution in [0.4, 0.5) is 10.1 Å². The van der Waals surface area contributed by atoms with Gasteiger partial charge in [-0.05, 0) is 60.9 Å². The summed E-state index contributed by atoms with van der Waals surface area (Å²) in [5.41, 5.74) is 1.78. The van der Waals surface area contributed by atoms with Crippen molar-refractivity contribution in [1.82, 2.24) is 9.29 Å². The molecule has 0 saturated carbocycles. The SMILES string of the molecule is Cc1cc2n(c1)S(=O)(=O)c1ccc(C(=O)NCCc3ccc(F)cc3)cc1NC2=O. The highest BCUT2D eigenvalue weighted by atomic mass is 32.2. The maximum Gasteiger partial charge on any atom is 0.273 e. The molecule has 0 saturated heterocycles. The van der Waals surface area contributed by atoms with E-state index >= 15 is 0 Å². The van der Waals surface area contributed by atoms with Gasteiger partial charge in [-0.3, -0.25) is 9.59 Å². The molecule has 0 fully saturated rings. The van der Waals surface area contributed by atoms with Crippen LogP contribution in [0.25, 0.3) is 0 Å². The average Bonchev–Trinajstić information content (AvgIpc) is 3.09. The van der Waals surface area contributed by atoms with Crippen LogP contribution in [-0.2, 0) is 16.4 Å². The summed E-state index contributed by atoms with van der Waals surface area (Å²) in [6.45, 7) is 2.02. The lowest BCUT2D eigenvalue weighted by molar-refractivity contribution is 0.0952. The van der Waals surface area contributed by atoms with Gasteiger partial charge in [0.05, 0.1) is 5.69 Å². The molecule has 0 spiro atoms. The third-order valence-corrected chi connectivity index (χ3v) is 6.53. The minimum absolute atomic E-state index is 0.00833. The van der Waals surface area contributed by atoms with Crippen molar-refractivity contribution in [1.29, 1.82) is 0 Å². The van der Waals surface area contributed by atoms with Gasteiger partial charge in [0.25, 0.3) is 21.8 Å². The zero-order valence-electron chi connectivity index (χ0n) is 16.0. The fraction of sp³-hybridized carbons (Fsp3) is 0.143. The maximum absolute atomic E-state index is 13.0. The number of fused-ring (bicyclic) bond motifs is 2. The second-order valence-electron chi connectivity index (χ2n) is 7.00. The van der Waals surface area contributed by atoms with Gasteiger partial charge in [0.2, 0.25) is 0 Å². The number of anilines is 1. The van der Waals surface area contributed by atoms with Crippen LogP contribution in [-0.4, -0.2) is 30.7 Å². The van der Waals surface area contributed by atoms with Gasteiger partial charge >= 0.3 is 0 Å². The van der Waals surface area contributed by atoms with Crippen molar-refractivity contribution in [2.45, 2.75) is 18.2 Å². The average molecular weight is 427 g/mol. The Labute approximate surface area is 172 Å². The van der Waals surface area contributed by atoms with E-state index in [1.165, 1.54) is 42.6 Å². The van der Waals surface area contributed by atoms with Gasteiger partial charge in [-0.15, -0.1) is 0 Å². The summed E-state index contributed by atoms with van der Waals surface area (Å²) in [7, 11) is -3.98. The summed E-state index contributed by atoms with van der Waals surface area (Å²) in [6.07, 6.45) is 1.90. The number of hydrogen-bond donors (Lipinski definition) is 2. The van der Waals surface area contributed by atoms with E-state index in [-0.39, 0.29) is 27.7 Å². The van der Waals surface area contributed by atoms with Crippen molar-refractivity contribution < 1.29 is 22.4 Å². The number of halogens is 1.